The van der Waals surface area contributed by atoms with Gasteiger partial charge in [-0.1, -0.05) is 5.21 Å². The van der Waals surface area contributed by atoms with Crippen molar-refractivity contribution in [3.63, 3.8) is 0 Å². The van der Waals surface area contributed by atoms with Gasteiger partial charge in [-0.2, -0.15) is 0 Å². The highest BCUT2D eigenvalue weighted by molar-refractivity contribution is 6.00. The second-order valence-electron chi connectivity index (χ2n) is 4.79. The molecular formula is C12H11N7O7. The van der Waals surface area contributed by atoms with E-state index >= 15 is 0 Å². The zero-order valence-corrected chi connectivity index (χ0v) is 13.7. The first kappa shape index (κ1) is 17.0. The van der Waals surface area contributed by atoms with Crippen molar-refractivity contribution in [3.8, 4) is 11.6 Å². The van der Waals surface area contributed by atoms with Crippen LogP contribution in [0.1, 0.15) is 32.6 Å². The van der Waals surface area contributed by atoms with Crippen LogP contribution in [0.15, 0.2) is 9.05 Å². The fourth-order valence-electron chi connectivity index (χ4n) is 1.98. The van der Waals surface area contributed by atoms with Gasteiger partial charge >= 0.3 is 17.6 Å². The Morgan fingerprint density at radius 1 is 1.19 bits per heavy atom. The van der Waals surface area contributed by atoms with Crippen molar-refractivity contribution >= 4 is 11.9 Å². The quantitative estimate of drug-likeness (QED) is 0.394. The van der Waals surface area contributed by atoms with Gasteiger partial charge in [0.25, 0.3) is 5.89 Å². The Bertz CT molecular complexity index is 973. The molecule has 3 aromatic heterocycles. The molecule has 0 aromatic carbocycles. The molecule has 0 aliphatic carbocycles. The third-order valence-corrected chi connectivity index (χ3v) is 3.27. The number of carbonyl (C=O) groups excluding carboxylic acids is 2. The molecular weight excluding hydrogens is 354 g/mol. The summed E-state index contributed by atoms with van der Waals surface area (Å²) in [6, 6.07) is 0. The first-order chi connectivity index (χ1) is 12.5. The van der Waals surface area contributed by atoms with Crippen LogP contribution in [-0.2, 0) is 16.0 Å². The molecule has 0 radical (unpaired) electrons. The molecule has 0 bridgehead atoms. The lowest BCUT2D eigenvalue weighted by atomic mass is 10.3. The van der Waals surface area contributed by atoms with E-state index in [2.05, 4.69) is 39.8 Å². The fourth-order valence-corrected chi connectivity index (χ4v) is 1.98. The Kier molecular flexibility index (Phi) is 4.30. The molecule has 0 N–H and O–H groups in total. The van der Waals surface area contributed by atoms with Crippen molar-refractivity contribution in [2.45, 2.75) is 13.5 Å². The van der Waals surface area contributed by atoms with Crippen molar-refractivity contribution in [3.05, 3.63) is 28.2 Å². The van der Waals surface area contributed by atoms with Gasteiger partial charge in [0, 0.05) is 6.92 Å². The van der Waals surface area contributed by atoms with Gasteiger partial charge in [0.15, 0.2) is 5.69 Å². The maximum Gasteiger partial charge on any atom is 0.361 e. The van der Waals surface area contributed by atoms with Crippen LogP contribution in [0.5, 0.6) is 0 Å². The lowest BCUT2D eigenvalue weighted by Crippen LogP contribution is -2.25. The van der Waals surface area contributed by atoms with Crippen LogP contribution < -0.4 is 4.90 Å². The lowest BCUT2D eigenvalue weighted by Gasteiger charge is -2.03. The van der Waals surface area contributed by atoms with E-state index in [1.54, 1.807) is 0 Å². The molecule has 0 unspecified atom stereocenters. The van der Waals surface area contributed by atoms with Crippen LogP contribution >= 0.6 is 0 Å². The predicted octanol–water partition coefficient (Wildman–Crippen LogP) is -1.12. The molecule has 14 nitrogen and oxygen atoms in total. The average molecular weight is 365 g/mol. The van der Waals surface area contributed by atoms with Gasteiger partial charge in [0.1, 0.15) is 6.54 Å². The molecule has 136 valence electrons. The molecule has 14 heteroatoms. The molecule has 0 saturated heterocycles. The summed E-state index contributed by atoms with van der Waals surface area (Å²) in [5, 5.41) is 29.6. The Labute approximate surface area is 143 Å². The van der Waals surface area contributed by atoms with E-state index in [4.69, 9.17) is 4.42 Å². The van der Waals surface area contributed by atoms with E-state index in [0.29, 0.717) is 0 Å². The van der Waals surface area contributed by atoms with Crippen LogP contribution in [0.2, 0.25) is 0 Å². The lowest BCUT2D eigenvalue weighted by molar-refractivity contribution is -0.806. The maximum atomic E-state index is 11.9. The highest BCUT2D eigenvalue weighted by atomic mass is 16.8. The Hall–Kier alpha value is -3.84. The number of carbonyl (C=O) groups is 2. The third-order valence-electron chi connectivity index (χ3n) is 3.27. The second kappa shape index (κ2) is 6.58. The molecule has 0 aliphatic rings. The Morgan fingerprint density at radius 2 is 1.92 bits per heavy atom. The molecule has 3 rings (SSSR count). The smallest absolute Gasteiger partial charge is 0.361 e. The van der Waals surface area contributed by atoms with Crippen LogP contribution in [0, 0.1) is 12.1 Å². The topological polar surface area (TPSA) is 175 Å². The first-order valence-electron chi connectivity index (χ1n) is 6.95. The van der Waals surface area contributed by atoms with Gasteiger partial charge in [0.05, 0.1) is 19.4 Å². The summed E-state index contributed by atoms with van der Waals surface area (Å²) in [6.07, 6.45) is 0. The number of esters is 2. The molecule has 0 saturated carbocycles. The molecule has 0 fully saturated rings. The molecule has 0 amide bonds. The molecule has 3 heterocycles. The van der Waals surface area contributed by atoms with E-state index in [-0.39, 0.29) is 46.0 Å². The van der Waals surface area contributed by atoms with Crippen LogP contribution in [0.25, 0.3) is 11.6 Å². The third kappa shape index (κ3) is 2.83. The monoisotopic (exact) mass is 365 g/mol. The summed E-state index contributed by atoms with van der Waals surface area (Å²) < 4.78 is 20.0. The van der Waals surface area contributed by atoms with Crippen molar-refractivity contribution < 1.29 is 33.0 Å². The highest BCUT2D eigenvalue weighted by Gasteiger charge is 2.28. The summed E-state index contributed by atoms with van der Waals surface area (Å²) >= 11 is 0. The maximum absolute atomic E-state index is 11.9. The highest BCUT2D eigenvalue weighted by Crippen LogP contribution is 2.18. The molecule has 0 aliphatic heterocycles. The minimum Gasteiger partial charge on any atom is -0.464 e. The summed E-state index contributed by atoms with van der Waals surface area (Å²) in [7, 11) is 2.27. The van der Waals surface area contributed by atoms with Gasteiger partial charge in [0.2, 0.25) is 17.3 Å². The van der Waals surface area contributed by atoms with Crippen molar-refractivity contribution in [2.24, 2.45) is 0 Å². The SMILES string of the molecule is COC(=O)c1nnn(Cc2nnc(-c3no[n+]([O-])c3C)o2)c1C(=O)OC. The summed E-state index contributed by atoms with van der Waals surface area (Å²) in [6.45, 7) is 1.26. The molecule has 0 spiro atoms. The van der Waals surface area contributed by atoms with Gasteiger partial charge in [-0.15, -0.1) is 15.3 Å². The van der Waals surface area contributed by atoms with Gasteiger partial charge in [-0.25, -0.2) is 14.3 Å². The van der Waals surface area contributed by atoms with Crippen molar-refractivity contribution in [2.75, 3.05) is 14.2 Å². The molecule has 3 aromatic rings. The van der Waals surface area contributed by atoms with E-state index in [0.717, 1.165) is 18.9 Å². The Morgan fingerprint density at radius 3 is 2.54 bits per heavy atom. The minimum atomic E-state index is -0.860. The van der Waals surface area contributed by atoms with E-state index in [1.165, 1.54) is 6.92 Å². The summed E-state index contributed by atoms with van der Waals surface area (Å²) in [5.41, 5.74) is -0.363. The van der Waals surface area contributed by atoms with Gasteiger partial charge in [-0.05, 0) is 4.90 Å². The number of aromatic nitrogens is 7. The van der Waals surface area contributed by atoms with Crippen LogP contribution in [0.4, 0.5) is 0 Å². The van der Waals surface area contributed by atoms with Gasteiger partial charge < -0.3 is 19.1 Å². The number of hydrogen-bond acceptors (Lipinski definition) is 12. The fraction of sp³-hybridized carbons (Fsp3) is 0.333. The number of nitrogens with zero attached hydrogens (tertiary/aromatic N) is 7. The number of methoxy groups -OCH3 is 2. The standard InChI is InChI=1S/C12H11N7O7/c1-5-7(16-26-19(5)22)10-15-13-6(25-10)4-18-9(12(21)24-3)8(14-17-18)11(20)23-2/h4H2,1-3H3. The number of hydrogen-bond donors (Lipinski definition) is 0. The minimum absolute atomic E-state index is 0.00585. The summed E-state index contributed by atoms with van der Waals surface area (Å²) in [5.74, 6) is -1.77. The van der Waals surface area contributed by atoms with E-state index in [9.17, 15) is 14.8 Å². The first-order valence-corrected chi connectivity index (χ1v) is 6.95. The van der Waals surface area contributed by atoms with Crippen molar-refractivity contribution in [1.82, 2.24) is 30.3 Å². The van der Waals surface area contributed by atoms with Crippen LogP contribution in [0.3, 0.4) is 0 Å². The zero-order chi connectivity index (χ0) is 18.8. The zero-order valence-electron chi connectivity index (χ0n) is 13.7. The molecule has 0 atom stereocenters. The predicted molar refractivity (Wildman–Crippen MR) is 75.3 cm³/mol. The van der Waals surface area contributed by atoms with Crippen molar-refractivity contribution in [1.29, 1.82) is 0 Å². The molecule has 26 heavy (non-hydrogen) atoms. The number of ether oxygens (including phenoxy) is 2. The summed E-state index contributed by atoms with van der Waals surface area (Å²) in [4.78, 5) is 23.8. The average Bonchev–Trinajstić information content (AvgIpc) is 3.34. The van der Waals surface area contributed by atoms with Gasteiger partial charge in [-0.3, -0.25) is 4.63 Å². The van der Waals surface area contributed by atoms with E-state index < -0.39 is 11.9 Å². The normalized spacial score (nSPS) is 10.7. The van der Waals surface area contributed by atoms with E-state index in [1.807, 2.05) is 0 Å². The largest absolute Gasteiger partial charge is 0.464 e. The Balaban J connectivity index is 1.92. The van der Waals surface area contributed by atoms with Crippen LogP contribution in [-0.4, -0.2) is 56.5 Å². The number of rotatable bonds is 5. The second-order valence-corrected chi connectivity index (χ2v) is 4.79.